The molecule has 0 saturated carbocycles. The van der Waals surface area contributed by atoms with Gasteiger partial charge in [0.05, 0.1) is 23.2 Å². The molecule has 0 unspecified atom stereocenters. The second-order valence-corrected chi connectivity index (χ2v) is 8.50. The molecule has 8 nitrogen and oxygen atoms in total. The molecule has 2 aliphatic rings. The Morgan fingerprint density at radius 1 is 1.37 bits per heavy atom. The molecule has 0 aromatic carbocycles. The van der Waals surface area contributed by atoms with E-state index in [2.05, 4.69) is 9.97 Å². The zero-order valence-corrected chi connectivity index (χ0v) is 16.1. The van der Waals surface area contributed by atoms with E-state index in [9.17, 15) is 19.5 Å². The molecule has 0 aliphatic carbocycles. The van der Waals surface area contributed by atoms with E-state index in [1.54, 1.807) is 16.7 Å². The number of aryl methyl sites for hydroxylation is 1. The van der Waals surface area contributed by atoms with Crippen molar-refractivity contribution in [3.63, 3.8) is 0 Å². The monoisotopic (exact) mass is 390 g/mol. The number of thiophene rings is 1. The summed E-state index contributed by atoms with van der Waals surface area (Å²) in [7, 11) is 0. The molecule has 2 aliphatic heterocycles. The van der Waals surface area contributed by atoms with Gasteiger partial charge in [0.1, 0.15) is 4.83 Å². The molecule has 2 N–H and O–H groups in total. The van der Waals surface area contributed by atoms with Crippen LogP contribution in [0.1, 0.15) is 28.6 Å². The minimum atomic E-state index is -0.458. The highest BCUT2D eigenvalue weighted by molar-refractivity contribution is 7.20. The quantitative estimate of drug-likeness (QED) is 0.798. The van der Waals surface area contributed by atoms with Crippen molar-refractivity contribution in [1.29, 1.82) is 0 Å². The molecule has 2 aromatic rings. The van der Waals surface area contributed by atoms with Crippen LogP contribution in [0.5, 0.6) is 0 Å². The van der Waals surface area contributed by atoms with Crippen LogP contribution in [-0.2, 0) is 4.79 Å². The maximum atomic E-state index is 13.1. The molecule has 144 valence electrons. The molecule has 2 fully saturated rings. The first-order valence-electron chi connectivity index (χ1n) is 9.05. The topological polar surface area (TPSA) is 107 Å². The second kappa shape index (κ2) is 6.42. The van der Waals surface area contributed by atoms with E-state index < -0.39 is 5.41 Å². The normalized spacial score (nSPS) is 24.6. The Hall–Kier alpha value is -2.26. The Balaban J connectivity index is 1.61. The molecule has 0 radical (unpaired) electrons. The van der Waals surface area contributed by atoms with Gasteiger partial charge >= 0.3 is 0 Å². The van der Waals surface area contributed by atoms with E-state index in [-0.39, 0.29) is 29.9 Å². The van der Waals surface area contributed by atoms with Crippen molar-refractivity contribution in [2.45, 2.75) is 20.3 Å². The molecule has 4 heterocycles. The van der Waals surface area contributed by atoms with Gasteiger partial charge in [0.2, 0.25) is 5.91 Å². The number of likely N-dealkylation sites (tertiary alicyclic amines) is 2. The number of rotatable bonds is 3. The van der Waals surface area contributed by atoms with Gasteiger partial charge in [-0.25, -0.2) is 4.98 Å². The number of fused-ring (bicyclic) bond motifs is 2. The van der Waals surface area contributed by atoms with Gasteiger partial charge in [0.25, 0.3) is 11.5 Å². The number of hydrogen-bond acceptors (Lipinski definition) is 6. The van der Waals surface area contributed by atoms with Crippen molar-refractivity contribution in [2.24, 2.45) is 11.3 Å². The number of carbonyl (C=O) groups excluding carboxylic acids is 2. The third-order valence-electron chi connectivity index (χ3n) is 5.94. The van der Waals surface area contributed by atoms with Gasteiger partial charge in [0, 0.05) is 43.9 Å². The largest absolute Gasteiger partial charge is 0.396 e. The molecule has 2 aromatic heterocycles. The third kappa shape index (κ3) is 2.68. The lowest BCUT2D eigenvalue weighted by Gasteiger charge is -2.27. The fourth-order valence-corrected chi connectivity index (χ4v) is 5.52. The minimum absolute atomic E-state index is 0.0540. The molecule has 0 bridgehead atoms. The molecule has 4 rings (SSSR count). The summed E-state index contributed by atoms with van der Waals surface area (Å²) in [6.07, 6.45) is 1.79. The lowest BCUT2D eigenvalue weighted by Crippen LogP contribution is -2.40. The number of nitrogens with zero attached hydrogens (tertiary/aromatic N) is 3. The Bertz CT molecular complexity index is 983. The number of hydrogen-bond donors (Lipinski definition) is 2. The van der Waals surface area contributed by atoms with Crippen LogP contribution < -0.4 is 5.56 Å². The van der Waals surface area contributed by atoms with Crippen molar-refractivity contribution in [2.75, 3.05) is 32.8 Å². The Kier molecular flexibility index (Phi) is 4.31. The van der Waals surface area contributed by atoms with Crippen molar-refractivity contribution < 1.29 is 14.7 Å². The van der Waals surface area contributed by atoms with Gasteiger partial charge in [-0.3, -0.25) is 14.4 Å². The number of aromatic amines is 1. The van der Waals surface area contributed by atoms with Crippen molar-refractivity contribution >= 4 is 33.4 Å². The van der Waals surface area contributed by atoms with E-state index in [1.165, 1.54) is 17.7 Å². The predicted octanol–water partition coefficient (Wildman–Crippen LogP) is 0.596. The average molecular weight is 390 g/mol. The van der Waals surface area contributed by atoms with Crippen molar-refractivity contribution in [3.05, 3.63) is 27.1 Å². The van der Waals surface area contributed by atoms with Crippen molar-refractivity contribution in [3.8, 4) is 0 Å². The Morgan fingerprint density at radius 2 is 2.07 bits per heavy atom. The Morgan fingerprint density at radius 3 is 2.70 bits per heavy atom. The summed E-state index contributed by atoms with van der Waals surface area (Å²) >= 11 is 1.23. The van der Waals surface area contributed by atoms with Gasteiger partial charge < -0.3 is 19.9 Å². The van der Waals surface area contributed by atoms with Crippen LogP contribution in [-0.4, -0.2) is 69.5 Å². The standard InChI is InChI=1S/C18H22N4O4S/c1-3-12(24)21-4-11-5-22(7-18(11,6-21)8-23)17(26)14-10(2)13-15(25)19-9-20-16(13)27-14/h9,11,23H,3-8H2,1-2H3,(H,19,20,25)/t11-,18+/m1/s1. The van der Waals surface area contributed by atoms with Gasteiger partial charge in [-0.15, -0.1) is 11.3 Å². The van der Waals surface area contributed by atoms with E-state index in [0.29, 0.717) is 53.3 Å². The molecular weight excluding hydrogens is 368 g/mol. The molecule has 2 saturated heterocycles. The highest BCUT2D eigenvalue weighted by Crippen LogP contribution is 2.43. The fraction of sp³-hybridized carbons (Fsp3) is 0.556. The first-order valence-corrected chi connectivity index (χ1v) is 9.86. The summed E-state index contributed by atoms with van der Waals surface area (Å²) in [5.41, 5.74) is -0.0558. The lowest BCUT2D eigenvalue weighted by molar-refractivity contribution is -0.130. The molecule has 2 amide bonds. The summed E-state index contributed by atoms with van der Waals surface area (Å²) in [5.74, 6) is 0.0180. The maximum Gasteiger partial charge on any atom is 0.264 e. The summed E-state index contributed by atoms with van der Waals surface area (Å²) < 4.78 is 0. The summed E-state index contributed by atoms with van der Waals surface area (Å²) in [4.78, 5) is 48.6. The predicted molar refractivity (Wildman–Crippen MR) is 101 cm³/mol. The highest BCUT2D eigenvalue weighted by Gasteiger charge is 2.54. The van der Waals surface area contributed by atoms with Crippen LogP contribution in [0.3, 0.4) is 0 Å². The zero-order chi connectivity index (χ0) is 19.3. The number of nitrogens with one attached hydrogen (secondary N) is 1. The molecule has 27 heavy (non-hydrogen) atoms. The van der Waals surface area contributed by atoms with Crippen LogP contribution in [0, 0.1) is 18.3 Å². The zero-order valence-electron chi connectivity index (χ0n) is 15.3. The van der Waals surface area contributed by atoms with Crippen LogP contribution in [0.2, 0.25) is 0 Å². The SMILES string of the molecule is CCC(=O)N1C[C@@H]2CN(C(=O)c3sc4nc[nH]c(=O)c4c3C)C[C@]2(CO)C1. The van der Waals surface area contributed by atoms with Gasteiger partial charge in [-0.1, -0.05) is 6.92 Å². The van der Waals surface area contributed by atoms with Crippen LogP contribution in [0.4, 0.5) is 0 Å². The van der Waals surface area contributed by atoms with E-state index >= 15 is 0 Å². The fourth-order valence-electron chi connectivity index (χ4n) is 4.40. The first-order chi connectivity index (χ1) is 12.9. The van der Waals surface area contributed by atoms with Crippen LogP contribution in [0.15, 0.2) is 11.1 Å². The van der Waals surface area contributed by atoms with Crippen molar-refractivity contribution in [1.82, 2.24) is 19.8 Å². The average Bonchev–Trinajstić information content (AvgIpc) is 3.29. The number of aliphatic hydroxyl groups excluding tert-OH is 1. The summed E-state index contributed by atoms with van der Waals surface area (Å²) in [5, 5.41) is 10.5. The smallest absolute Gasteiger partial charge is 0.264 e. The molecule has 2 atom stereocenters. The number of carbonyl (C=O) groups is 2. The number of amides is 2. The molecular formula is C18H22N4O4S. The first kappa shape index (κ1) is 18.1. The Labute approximate surface area is 159 Å². The minimum Gasteiger partial charge on any atom is -0.396 e. The maximum absolute atomic E-state index is 13.1. The van der Waals surface area contributed by atoms with Gasteiger partial charge in [-0.2, -0.15) is 0 Å². The lowest BCUT2D eigenvalue weighted by atomic mass is 9.82. The number of H-pyrrole nitrogens is 1. The highest BCUT2D eigenvalue weighted by atomic mass is 32.1. The van der Waals surface area contributed by atoms with Gasteiger partial charge in [-0.05, 0) is 12.5 Å². The number of aliphatic hydroxyl groups is 1. The van der Waals surface area contributed by atoms with Gasteiger partial charge in [0.15, 0.2) is 0 Å². The van der Waals surface area contributed by atoms with Crippen LogP contribution in [0.25, 0.3) is 10.2 Å². The third-order valence-corrected chi connectivity index (χ3v) is 7.13. The second-order valence-electron chi connectivity index (χ2n) is 7.50. The van der Waals surface area contributed by atoms with Crippen LogP contribution >= 0.6 is 11.3 Å². The molecule has 0 spiro atoms. The van der Waals surface area contributed by atoms with E-state index in [0.717, 1.165) is 0 Å². The molecule has 9 heteroatoms. The van der Waals surface area contributed by atoms with E-state index in [4.69, 9.17) is 0 Å². The number of aromatic nitrogens is 2. The summed E-state index contributed by atoms with van der Waals surface area (Å²) in [6, 6.07) is 0. The summed E-state index contributed by atoms with van der Waals surface area (Å²) in [6.45, 7) is 5.52. The van der Waals surface area contributed by atoms with E-state index in [1.807, 2.05) is 6.92 Å².